The molecule has 1 aromatic heterocycles. The predicted molar refractivity (Wildman–Crippen MR) is 64.0 cm³/mol. The molecule has 0 saturated carbocycles. The van der Waals surface area contributed by atoms with Gasteiger partial charge in [-0.1, -0.05) is 6.92 Å². The Morgan fingerprint density at radius 1 is 1.59 bits per heavy atom. The van der Waals surface area contributed by atoms with Crippen molar-refractivity contribution in [2.45, 2.75) is 37.7 Å². The summed E-state index contributed by atoms with van der Waals surface area (Å²) in [5.74, 6) is 0. The molecule has 0 fully saturated rings. The van der Waals surface area contributed by atoms with E-state index in [1.807, 2.05) is 6.92 Å². The van der Waals surface area contributed by atoms with E-state index >= 15 is 0 Å². The lowest BCUT2D eigenvalue weighted by molar-refractivity contribution is 0.162. The number of aromatic nitrogens is 2. The number of aryl methyl sites for hydroxylation is 1. The molecular weight excluding hydrogens is 242 g/mol. The molecule has 1 atom stereocenters. The second kappa shape index (κ2) is 5.61. The molecule has 1 rings (SSSR count). The van der Waals surface area contributed by atoms with Crippen LogP contribution in [0.3, 0.4) is 0 Å². The number of sulfonamides is 1. The van der Waals surface area contributed by atoms with Crippen LogP contribution in [0.15, 0.2) is 11.1 Å². The quantitative estimate of drug-likeness (QED) is 0.764. The first-order valence-corrected chi connectivity index (χ1v) is 7.03. The van der Waals surface area contributed by atoms with Crippen LogP contribution in [0.1, 0.15) is 25.5 Å². The molecule has 0 aliphatic rings. The summed E-state index contributed by atoms with van der Waals surface area (Å²) >= 11 is 0. The number of aliphatic hydroxyl groups is 1. The summed E-state index contributed by atoms with van der Waals surface area (Å²) in [6.45, 7) is 3.78. The molecule has 0 aromatic carbocycles. The fraction of sp³-hybridized carbons (Fsp3) is 0.700. The molecule has 0 saturated heterocycles. The molecule has 6 nitrogen and oxygen atoms in total. The molecule has 0 aliphatic carbocycles. The van der Waals surface area contributed by atoms with Gasteiger partial charge in [0.05, 0.1) is 18.0 Å². The molecule has 17 heavy (non-hydrogen) atoms. The van der Waals surface area contributed by atoms with Gasteiger partial charge in [-0.25, -0.2) is 13.1 Å². The van der Waals surface area contributed by atoms with E-state index in [-0.39, 0.29) is 11.4 Å². The molecule has 2 N–H and O–H groups in total. The SMILES string of the molecule is CCC(O)CCNS(=O)(=O)c1cnn(C)c1C. The van der Waals surface area contributed by atoms with Crippen molar-refractivity contribution in [3.05, 3.63) is 11.9 Å². The lowest BCUT2D eigenvalue weighted by atomic mass is 10.2. The molecule has 7 heteroatoms. The van der Waals surface area contributed by atoms with Crippen LogP contribution in [-0.2, 0) is 17.1 Å². The van der Waals surface area contributed by atoms with Gasteiger partial charge in [-0.15, -0.1) is 0 Å². The lowest BCUT2D eigenvalue weighted by Crippen LogP contribution is -2.27. The van der Waals surface area contributed by atoms with Gasteiger partial charge in [0.1, 0.15) is 4.90 Å². The summed E-state index contributed by atoms with van der Waals surface area (Å²) in [6, 6.07) is 0. The van der Waals surface area contributed by atoms with Crippen LogP contribution in [0.5, 0.6) is 0 Å². The van der Waals surface area contributed by atoms with Crippen LogP contribution < -0.4 is 4.72 Å². The van der Waals surface area contributed by atoms with Crippen LogP contribution in [0.2, 0.25) is 0 Å². The molecule has 0 aliphatic heterocycles. The van der Waals surface area contributed by atoms with Crippen LogP contribution in [0.25, 0.3) is 0 Å². The second-order valence-electron chi connectivity index (χ2n) is 3.97. The van der Waals surface area contributed by atoms with E-state index in [0.29, 0.717) is 18.5 Å². The monoisotopic (exact) mass is 261 g/mol. The topological polar surface area (TPSA) is 84.2 Å². The zero-order chi connectivity index (χ0) is 13.1. The molecule has 1 aromatic rings. The second-order valence-corrected chi connectivity index (χ2v) is 5.70. The normalized spacial score (nSPS) is 13.9. The highest BCUT2D eigenvalue weighted by Gasteiger charge is 2.19. The van der Waals surface area contributed by atoms with Crippen LogP contribution >= 0.6 is 0 Å². The van der Waals surface area contributed by atoms with Gasteiger partial charge in [-0.2, -0.15) is 5.10 Å². The van der Waals surface area contributed by atoms with Crippen LogP contribution in [0.4, 0.5) is 0 Å². The van der Waals surface area contributed by atoms with E-state index in [0.717, 1.165) is 0 Å². The zero-order valence-electron chi connectivity index (χ0n) is 10.3. The Morgan fingerprint density at radius 3 is 2.71 bits per heavy atom. The standard InChI is InChI=1S/C10H19N3O3S/c1-4-9(14)5-6-12-17(15,16)10-7-11-13(3)8(10)2/h7,9,12,14H,4-6H2,1-3H3. The summed E-state index contributed by atoms with van der Waals surface area (Å²) in [6.07, 6.45) is 1.89. The van der Waals surface area contributed by atoms with E-state index in [1.165, 1.54) is 10.9 Å². The minimum atomic E-state index is -3.52. The average Bonchev–Trinajstić information content (AvgIpc) is 2.59. The van der Waals surface area contributed by atoms with Gasteiger partial charge in [0.15, 0.2) is 0 Å². The van der Waals surface area contributed by atoms with E-state index in [2.05, 4.69) is 9.82 Å². The lowest BCUT2D eigenvalue weighted by Gasteiger charge is -2.09. The maximum atomic E-state index is 11.9. The maximum absolute atomic E-state index is 11.9. The third-order valence-electron chi connectivity index (χ3n) is 2.72. The van der Waals surface area contributed by atoms with Gasteiger partial charge in [0, 0.05) is 13.6 Å². The predicted octanol–water partition coefficient (Wildman–Crippen LogP) is 0.168. The van der Waals surface area contributed by atoms with Gasteiger partial charge in [0.2, 0.25) is 10.0 Å². The number of hydrogen-bond donors (Lipinski definition) is 2. The van der Waals surface area contributed by atoms with Gasteiger partial charge in [-0.3, -0.25) is 4.68 Å². The molecular formula is C10H19N3O3S. The first-order chi connectivity index (χ1) is 7.88. The first-order valence-electron chi connectivity index (χ1n) is 5.54. The number of aliphatic hydroxyl groups excluding tert-OH is 1. The van der Waals surface area contributed by atoms with Crippen molar-refractivity contribution in [1.29, 1.82) is 0 Å². The fourth-order valence-corrected chi connectivity index (χ4v) is 2.63. The summed E-state index contributed by atoms with van der Waals surface area (Å²) in [5.41, 5.74) is 0.591. The molecule has 98 valence electrons. The van der Waals surface area contributed by atoms with Crippen molar-refractivity contribution in [3.63, 3.8) is 0 Å². The third kappa shape index (κ3) is 3.52. The number of nitrogens with zero attached hydrogens (tertiary/aromatic N) is 2. The van der Waals surface area contributed by atoms with Crippen molar-refractivity contribution in [2.75, 3.05) is 6.54 Å². The highest BCUT2D eigenvalue weighted by atomic mass is 32.2. The number of rotatable bonds is 6. The summed E-state index contributed by atoms with van der Waals surface area (Å²) in [7, 11) is -1.83. The largest absolute Gasteiger partial charge is 0.393 e. The van der Waals surface area contributed by atoms with Gasteiger partial charge in [0.25, 0.3) is 0 Å². The zero-order valence-corrected chi connectivity index (χ0v) is 11.2. The Balaban J connectivity index is 2.67. The molecule has 0 bridgehead atoms. The molecule has 0 radical (unpaired) electrons. The van der Waals surface area contributed by atoms with Crippen molar-refractivity contribution >= 4 is 10.0 Å². The average molecular weight is 261 g/mol. The minimum Gasteiger partial charge on any atom is -0.393 e. The van der Waals surface area contributed by atoms with E-state index in [9.17, 15) is 13.5 Å². The van der Waals surface area contributed by atoms with E-state index in [1.54, 1.807) is 14.0 Å². The van der Waals surface area contributed by atoms with Gasteiger partial charge < -0.3 is 5.11 Å². The van der Waals surface area contributed by atoms with Crippen molar-refractivity contribution in [3.8, 4) is 0 Å². The van der Waals surface area contributed by atoms with Crippen molar-refractivity contribution in [1.82, 2.24) is 14.5 Å². The minimum absolute atomic E-state index is 0.186. The summed E-state index contributed by atoms with van der Waals surface area (Å²) in [4.78, 5) is 0.186. The first kappa shape index (κ1) is 14.1. The summed E-state index contributed by atoms with van der Waals surface area (Å²) in [5, 5.41) is 13.2. The smallest absolute Gasteiger partial charge is 0.243 e. The summed E-state index contributed by atoms with van der Waals surface area (Å²) < 4.78 is 27.7. The van der Waals surface area contributed by atoms with Crippen LogP contribution in [-0.4, -0.2) is 36.0 Å². The van der Waals surface area contributed by atoms with Gasteiger partial charge in [-0.05, 0) is 19.8 Å². The molecule has 0 spiro atoms. The van der Waals surface area contributed by atoms with Crippen molar-refractivity contribution in [2.24, 2.45) is 7.05 Å². The number of hydrogen-bond acceptors (Lipinski definition) is 4. The van der Waals surface area contributed by atoms with Gasteiger partial charge >= 0.3 is 0 Å². The number of nitrogens with one attached hydrogen (secondary N) is 1. The highest BCUT2D eigenvalue weighted by molar-refractivity contribution is 7.89. The maximum Gasteiger partial charge on any atom is 0.243 e. The van der Waals surface area contributed by atoms with Crippen LogP contribution in [0, 0.1) is 6.92 Å². The van der Waals surface area contributed by atoms with Crippen molar-refractivity contribution < 1.29 is 13.5 Å². The third-order valence-corrected chi connectivity index (χ3v) is 4.28. The molecule has 0 amide bonds. The Bertz CT molecular complexity index is 467. The molecule has 1 unspecified atom stereocenters. The Morgan fingerprint density at radius 2 is 2.24 bits per heavy atom. The Labute approximate surface area is 102 Å². The Kier molecular flexibility index (Phi) is 4.67. The van der Waals surface area contributed by atoms with E-state index < -0.39 is 16.1 Å². The fourth-order valence-electron chi connectivity index (χ4n) is 1.38. The molecule has 1 heterocycles. The Hall–Kier alpha value is -0.920. The van der Waals surface area contributed by atoms with E-state index in [4.69, 9.17) is 0 Å². The highest BCUT2D eigenvalue weighted by Crippen LogP contribution is 2.12.